The molecule has 4 aromatic rings. The maximum atomic E-state index is 13.9. The predicted molar refractivity (Wildman–Crippen MR) is 167 cm³/mol. The van der Waals surface area contributed by atoms with E-state index in [1.54, 1.807) is 6.20 Å². The lowest BCUT2D eigenvalue weighted by Crippen LogP contribution is -2.44. The van der Waals surface area contributed by atoms with Gasteiger partial charge in [-0.05, 0) is 73.2 Å². The largest absolute Gasteiger partial charge is 0.491 e. The van der Waals surface area contributed by atoms with Gasteiger partial charge >= 0.3 is 0 Å². The molecule has 43 heavy (non-hydrogen) atoms. The van der Waals surface area contributed by atoms with Crippen LogP contribution in [0.2, 0.25) is 0 Å². The monoisotopic (exact) mass is 577 g/mol. The van der Waals surface area contributed by atoms with Crippen molar-refractivity contribution in [1.82, 2.24) is 19.9 Å². The first-order valence-corrected chi connectivity index (χ1v) is 15.2. The molecule has 0 unspecified atom stereocenters. The Morgan fingerprint density at radius 1 is 0.837 bits per heavy atom. The average Bonchev–Trinajstić information content (AvgIpc) is 3.02. The molecule has 2 aliphatic heterocycles. The van der Waals surface area contributed by atoms with Crippen molar-refractivity contribution < 1.29 is 14.3 Å². The second-order valence-electron chi connectivity index (χ2n) is 11.5. The minimum atomic E-state index is -0.0228. The Morgan fingerprint density at radius 3 is 2.44 bits per heavy atom. The highest BCUT2D eigenvalue weighted by molar-refractivity contribution is 5.79. The van der Waals surface area contributed by atoms with Crippen LogP contribution in [0.5, 0.6) is 5.75 Å². The van der Waals surface area contributed by atoms with Crippen molar-refractivity contribution in [1.29, 1.82) is 0 Å². The van der Waals surface area contributed by atoms with Crippen LogP contribution in [0.25, 0.3) is 11.1 Å². The predicted octanol–water partition coefficient (Wildman–Crippen LogP) is 5.40. The molecule has 0 N–H and O–H groups in total. The quantitative estimate of drug-likeness (QED) is 0.323. The fraction of sp³-hybridized carbons (Fsp3) is 0.371. The highest BCUT2D eigenvalue weighted by Gasteiger charge is 2.30. The topological polar surface area (TPSA) is 80.7 Å². The normalized spacial score (nSPS) is 16.6. The van der Waals surface area contributed by atoms with Gasteiger partial charge in [-0.2, -0.15) is 0 Å². The van der Waals surface area contributed by atoms with Crippen LogP contribution in [0.4, 0.5) is 5.95 Å². The van der Waals surface area contributed by atoms with E-state index in [0.29, 0.717) is 32.9 Å². The summed E-state index contributed by atoms with van der Waals surface area (Å²) in [6.45, 7) is 8.04. The Kier molecular flexibility index (Phi) is 8.93. The van der Waals surface area contributed by atoms with E-state index in [-0.39, 0.29) is 11.8 Å². The summed E-state index contributed by atoms with van der Waals surface area (Å²) in [7, 11) is 0. The smallest absolute Gasteiger partial charge is 0.226 e. The second kappa shape index (κ2) is 13.3. The molecule has 1 fully saturated rings. The van der Waals surface area contributed by atoms with Crippen LogP contribution in [-0.4, -0.2) is 65.2 Å². The van der Waals surface area contributed by atoms with Gasteiger partial charge in [-0.15, -0.1) is 0 Å². The fourth-order valence-corrected chi connectivity index (χ4v) is 6.04. The zero-order valence-electron chi connectivity index (χ0n) is 25.0. The van der Waals surface area contributed by atoms with Crippen LogP contribution >= 0.6 is 0 Å². The first-order chi connectivity index (χ1) is 21.0. The highest BCUT2D eigenvalue weighted by atomic mass is 16.5. The number of aryl methyl sites for hydroxylation is 2. The molecule has 0 saturated carbocycles. The van der Waals surface area contributed by atoms with Crippen LogP contribution < -0.4 is 9.64 Å². The number of piperidine rings is 1. The summed E-state index contributed by atoms with van der Waals surface area (Å²) in [5.74, 6) is 1.81. The van der Waals surface area contributed by atoms with E-state index in [0.717, 1.165) is 77.7 Å². The number of anilines is 1. The Morgan fingerprint density at radius 2 is 1.65 bits per heavy atom. The lowest BCUT2D eigenvalue weighted by molar-refractivity contribution is -0.137. The number of aromatic nitrogens is 3. The lowest BCUT2D eigenvalue weighted by Gasteiger charge is -2.34. The number of hydrogen-bond donors (Lipinski definition) is 0. The first-order valence-electron chi connectivity index (χ1n) is 15.2. The number of benzene rings is 2. The van der Waals surface area contributed by atoms with E-state index in [9.17, 15) is 4.79 Å². The molecule has 8 heteroatoms. The summed E-state index contributed by atoms with van der Waals surface area (Å²) in [5.41, 5.74) is 7.54. The van der Waals surface area contributed by atoms with Gasteiger partial charge in [0.05, 0.1) is 13.2 Å². The third-order valence-electron chi connectivity index (χ3n) is 8.21. The van der Waals surface area contributed by atoms with E-state index < -0.39 is 0 Å². The molecular weight excluding hydrogens is 538 g/mol. The average molecular weight is 578 g/mol. The maximum Gasteiger partial charge on any atom is 0.226 e. The number of nitrogens with zero attached hydrogens (tertiary/aromatic N) is 5. The minimum absolute atomic E-state index is 0.0228. The van der Waals surface area contributed by atoms with Gasteiger partial charge in [-0.1, -0.05) is 36.4 Å². The van der Waals surface area contributed by atoms with E-state index in [4.69, 9.17) is 9.47 Å². The van der Waals surface area contributed by atoms with E-state index in [2.05, 4.69) is 62.3 Å². The SMILES string of the molecule is Cc1cc(C)nc(N2CCC(C(=O)N3CCOCCOc4ccc(-c5cccnc5)cc4Cc4cccc(c4)C3)CC2)n1. The highest BCUT2D eigenvalue weighted by Crippen LogP contribution is 2.29. The van der Waals surface area contributed by atoms with Gasteiger partial charge in [0.1, 0.15) is 12.4 Å². The zero-order chi connectivity index (χ0) is 29.6. The summed E-state index contributed by atoms with van der Waals surface area (Å²) < 4.78 is 12.1. The number of fused-ring (bicyclic) bond motifs is 3. The van der Waals surface area contributed by atoms with Gasteiger partial charge in [0.25, 0.3) is 0 Å². The molecule has 0 radical (unpaired) electrons. The van der Waals surface area contributed by atoms with Gasteiger partial charge in [-0.3, -0.25) is 9.78 Å². The number of hydrogen-bond acceptors (Lipinski definition) is 7. The van der Waals surface area contributed by atoms with Crippen molar-refractivity contribution in [2.24, 2.45) is 5.92 Å². The summed E-state index contributed by atoms with van der Waals surface area (Å²) in [6, 6.07) is 20.9. The van der Waals surface area contributed by atoms with Gasteiger partial charge in [0.15, 0.2) is 0 Å². The molecular formula is C35H39N5O3. The second-order valence-corrected chi connectivity index (χ2v) is 11.5. The fourth-order valence-electron chi connectivity index (χ4n) is 6.04. The van der Waals surface area contributed by atoms with Crippen LogP contribution in [0, 0.1) is 19.8 Å². The Labute approximate surface area is 253 Å². The first kappa shape index (κ1) is 28.8. The summed E-state index contributed by atoms with van der Waals surface area (Å²) in [6.07, 6.45) is 5.97. The molecule has 2 aromatic heterocycles. The standard InChI is InChI=1S/C35H39N5O3/c1-25-19-26(2)38-35(37-25)39-13-10-29(11-14-39)34(41)40-15-16-42-17-18-43-33-9-8-30(31-7-4-12-36-23-31)22-32(33)21-27-5-3-6-28(20-27)24-40/h3-9,12,19-20,22-23,29H,10-11,13-18,21,24H2,1-2H3. The molecule has 2 bridgehead atoms. The van der Waals surface area contributed by atoms with Gasteiger partial charge < -0.3 is 19.3 Å². The van der Waals surface area contributed by atoms with Gasteiger partial charge in [0.2, 0.25) is 11.9 Å². The summed E-state index contributed by atoms with van der Waals surface area (Å²) >= 11 is 0. The van der Waals surface area contributed by atoms with Crippen LogP contribution in [0.1, 0.15) is 40.9 Å². The maximum absolute atomic E-state index is 13.9. The molecule has 8 nitrogen and oxygen atoms in total. The number of carbonyl (C=O) groups is 1. The molecule has 0 aliphatic carbocycles. The number of amides is 1. The van der Waals surface area contributed by atoms with E-state index in [1.807, 2.05) is 43.1 Å². The van der Waals surface area contributed by atoms with E-state index >= 15 is 0 Å². The number of ether oxygens (including phenoxy) is 2. The number of pyridine rings is 1. The number of rotatable bonds is 3. The lowest BCUT2D eigenvalue weighted by atomic mass is 9.95. The van der Waals surface area contributed by atoms with Crippen LogP contribution in [-0.2, 0) is 22.5 Å². The van der Waals surface area contributed by atoms with Crippen molar-refractivity contribution in [2.75, 3.05) is 44.4 Å². The molecule has 6 rings (SSSR count). The van der Waals surface area contributed by atoms with Crippen molar-refractivity contribution in [3.8, 4) is 16.9 Å². The molecule has 2 aromatic carbocycles. The number of carbonyl (C=O) groups excluding carboxylic acids is 1. The molecule has 1 amide bonds. The van der Waals surface area contributed by atoms with Crippen LogP contribution in [0.3, 0.4) is 0 Å². The molecule has 4 heterocycles. The Bertz CT molecular complexity index is 1530. The Balaban J connectivity index is 1.18. The van der Waals surface area contributed by atoms with Crippen molar-refractivity contribution in [2.45, 2.75) is 39.7 Å². The molecule has 0 atom stereocenters. The molecule has 222 valence electrons. The minimum Gasteiger partial charge on any atom is -0.491 e. The van der Waals surface area contributed by atoms with Crippen LogP contribution in [0.15, 0.2) is 73.1 Å². The third-order valence-corrected chi connectivity index (χ3v) is 8.21. The summed E-state index contributed by atoms with van der Waals surface area (Å²) in [5, 5.41) is 0. The summed E-state index contributed by atoms with van der Waals surface area (Å²) in [4.78, 5) is 31.6. The van der Waals surface area contributed by atoms with E-state index in [1.165, 1.54) is 5.56 Å². The van der Waals surface area contributed by atoms with Crippen molar-refractivity contribution >= 4 is 11.9 Å². The van der Waals surface area contributed by atoms with Gasteiger partial charge in [-0.25, -0.2) is 9.97 Å². The van der Waals surface area contributed by atoms with Crippen molar-refractivity contribution in [3.63, 3.8) is 0 Å². The zero-order valence-corrected chi connectivity index (χ0v) is 25.0. The van der Waals surface area contributed by atoms with Gasteiger partial charge in [0, 0.05) is 67.9 Å². The molecule has 0 spiro atoms. The third kappa shape index (κ3) is 7.20. The molecule has 1 saturated heterocycles. The Hall–Kier alpha value is -4.30. The van der Waals surface area contributed by atoms with Crippen molar-refractivity contribution in [3.05, 3.63) is 101 Å². The molecule has 2 aliphatic rings.